The number of hydrogen-bond donors (Lipinski definition) is 0. The number of ether oxygens (including phenoxy) is 1. The van der Waals surface area contributed by atoms with Crippen molar-refractivity contribution in [3.63, 3.8) is 0 Å². The van der Waals surface area contributed by atoms with Crippen molar-refractivity contribution in [3.8, 4) is 0 Å². The van der Waals surface area contributed by atoms with Crippen LogP contribution in [0.3, 0.4) is 0 Å². The lowest BCUT2D eigenvalue weighted by molar-refractivity contribution is -0.139. The van der Waals surface area contributed by atoms with Crippen LogP contribution in [0, 0.1) is 0 Å². The van der Waals surface area contributed by atoms with Crippen molar-refractivity contribution in [2.75, 3.05) is 12.4 Å². The maximum Gasteiger partial charge on any atom is 0.320 e. The van der Waals surface area contributed by atoms with E-state index in [0.717, 1.165) is 7.11 Å². The summed E-state index contributed by atoms with van der Waals surface area (Å²) in [4.78, 5) is 8.65. The fraction of sp³-hybridized carbons (Fsp3) is 0.750. The Kier molecular flexibility index (Phi) is 2.31. The fourth-order valence-corrected chi connectivity index (χ4v) is 0.452. The molecule has 0 spiro atoms. The number of rotatable bonds is 2. The Bertz CT molecular complexity index is 165. The molecule has 0 saturated carbocycles. The first-order chi connectivity index (χ1) is 4.73. The van der Waals surface area contributed by atoms with Gasteiger partial charge in [-0.2, -0.15) is 0 Å². The quantitative estimate of drug-likeness (QED) is 0.544. The van der Waals surface area contributed by atoms with Gasteiger partial charge in [0.15, 0.2) is 0 Å². The number of carbonyl (C=O) groups excluding carboxylic acids is 1. The summed E-state index contributed by atoms with van der Waals surface area (Å²) in [5.41, 5.74) is 0. The van der Waals surface area contributed by atoms with Crippen LogP contribution >= 0.6 is 31.9 Å². The maximum atomic E-state index is 10.8. The van der Waals surface area contributed by atoms with Crippen molar-refractivity contribution < 1.29 is 13.6 Å². The normalized spacial score (nSPS) is 24.1. The number of esters is 1. The third-order valence-corrected chi connectivity index (χ3v) is 1.90. The predicted molar refractivity (Wildman–Crippen MR) is 38.5 cm³/mol. The van der Waals surface area contributed by atoms with Crippen molar-refractivity contribution in [1.29, 1.82) is 0 Å². The summed E-state index contributed by atoms with van der Waals surface area (Å²) in [6, 6.07) is 0. The Balaban J connectivity index is 4.59. The summed E-state index contributed by atoms with van der Waals surface area (Å²) in [5.74, 6) is -0.987. The Morgan fingerprint density at radius 3 is 2.88 bits per heavy atom. The van der Waals surface area contributed by atoms with Gasteiger partial charge in [0, 0.05) is 8.02 Å². The average molecular weight is 249 g/mol. The molecule has 0 aromatic rings. The highest BCUT2D eigenvalue weighted by Crippen LogP contribution is 2.04. The molecule has 1 atom stereocenters. The molecule has 2 nitrogen and oxygen atoms in total. The third-order valence-electron chi connectivity index (χ3n) is 0.448. The number of hydrogen-bond acceptors (Lipinski definition) is 2. The number of alkyl halides is 2. The topological polar surface area (TPSA) is 26.3 Å². The van der Waals surface area contributed by atoms with Crippen molar-refractivity contribution in [1.82, 2.24) is 0 Å². The molecule has 8 heavy (non-hydrogen) atoms. The largest absolute Gasteiger partial charge is 0.468 e. The maximum absolute atomic E-state index is 10.8. The Morgan fingerprint density at radius 1 is 2.25 bits per heavy atom. The van der Waals surface area contributed by atoms with Crippen LogP contribution in [0.5, 0.6) is 0 Å². The van der Waals surface area contributed by atoms with Crippen LogP contribution in [0.1, 0.15) is 4.11 Å². The van der Waals surface area contributed by atoms with E-state index in [4.69, 9.17) is 4.11 Å². The molecule has 4 heteroatoms. The first kappa shape index (κ1) is 4.28. The first-order valence-electron chi connectivity index (χ1n) is 3.19. The van der Waals surface area contributed by atoms with Gasteiger partial charge in [0.2, 0.25) is 0 Å². The second-order valence-corrected chi connectivity index (χ2v) is 2.09. The van der Waals surface area contributed by atoms with Crippen molar-refractivity contribution in [2.24, 2.45) is 0 Å². The SMILES string of the molecule is [2H]C([2H])(Br)C([2H])(Br)C(=O)OC. The van der Waals surface area contributed by atoms with Crippen LogP contribution in [-0.2, 0) is 9.53 Å². The second-order valence-electron chi connectivity index (χ2n) is 0.900. The van der Waals surface area contributed by atoms with Gasteiger partial charge in [-0.3, -0.25) is 4.79 Å². The summed E-state index contributed by atoms with van der Waals surface area (Å²) in [5, 5.41) is -2.16. The van der Waals surface area contributed by atoms with Crippen LogP contribution in [0.4, 0.5) is 0 Å². The van der Waals surface area contributed by atoms with E-state index in [9.17, 15) is 4.79 Å². The summed E-state index contributed by atoms with van der Waals surface area (Å²) in [7, 11) is 1.09. The van der Waals surface area contributed by atoms with Gasteiger partial charge in [-0.1, -0.05) is 31.9 Å². The van der Waals surface area contributed by atoms with Gasteiger partial charge in [-0.25, -0.2) is 0 Å². The van der Waals surface area contributed by atoms with Crippen molar-refractivity contribution in [2.45, 2.75) is 4.80 Å². The Hall–Kier alpha value is 0.430. The van der Waals surface area contributed by atoms with Crippen LogP contribution < -0.4 is 0 Å². The molecule has 0 aliphatic carbocycles. The van der Waals surface area contributed by atoms with Crippen molar-refractivity contribution >= 4 is 37.8 Å². The van der Waals surface area contributed by atoms with E-state index in [1.165, 1.54) is 0 Å². The monoisotopic (exact) mass is 247 g/mol. The lowest BCUT2D eigenvalue weighted by atomic mass is 10.5. The van der Waals surface area contributed by atoms with Gasteiger partial charge in [0.25, 0.3) is 0 Å². The lowest BCUT2D eigenvalue weighted by Gasteiger charge is -2.00. The number of methoxy groups -OCH3 is 1. The van der Waals surface area contributed by atoms with Gasteiger partial charge in [-0.15, -0.1) is 0 Å². The van der Waals surface area contributed by atoms with E-state index < -0.39 is 16.1 Å². The summed E-state index contributed by atoms with van der Waals surface area (Å²) < 4.78 is 25.4. The number of halogens is 2. The molecule has 0 rings (SSSR count). The molecular weight excluding hydrogens is 240 g/mol. The summed E-state index contributed by atoms with van der Waals surface area (Å²) in [6.07, 6.45) is 0. The molecule has 0 heterocycles. The minimum atomic E-state index is -2.16. The zero-order valence-corrected chi connectivity index (χ0v) is 7.24. The van der Waals surface area contributed by atoms with Gasteiger partial charge in [-0.05, 0) is 0 Å². The Labute approximate surface area is 69.1 Å². The molecule has 48 valence electrons. The third kappa shape index (κ3) is 2.67. The van der Waals surface area contributed by atoms with Crippen LogP contribution in [-0.4, -0.2) is 23.2 Å². The molecule has 0 bridgehead atoms. The number of carbonyl (C=O) groups is 1. The molecule has 0 aliphatic heterocycles. The van der Waals surface area contributed by atoms with Gasteiger partial charge < -0.3 is 4.74 Å². The van der Waals surface area contributed by atoms with Gasteiger partial charge in [0.1, 0.15) is 4.80 Å². The summed E-state index contributed by atoms with van der Waals surface area (Å²) in [6.45, 7) is 0. The highest BCUT2D eigenvalue weighted by Gasteiger charge is 2.11. The van der Waals surface area contributed by atoms with E-state index in [2.05, 4.69) is 36.6 Å². The van der Waals surface area contributed by atoms with Gasteiger partial charge >= 0.3 is 5.97 Å². The molecule has 0 radical (unpaired) electrons. The molecular formula is C4H6Br2O2. The van der Waals surface area contributed by atoms with Crippen LogP contribution in [0.2, 0.25) is 0 Å². The molecule has 1 unspecified atom stereocenters. The average Bonchev–Trinajstić information content (AvgIpc) is 1.83. The van der Waals surface area contributed by atoms with E-state index in [1.54, 1.807) is 0 Å². The molecule has 0 N–H and O–H groups in total. The van der Waals surface area contributed by atoms with E-state index in [0.29, 0.717) is 0 Å². The van der Waals surface area contributed by atoms with Crippen LogP contribution in [0.15, 0.2) is 0 Å². The first-order valence-corrected chi connectivity index (χ1v) is 3.28. The lowest BCUT2D eigenvalue weighted by Crippen LogP contribution is -2.16. The van der Waals surface area contributed by atoms with Gasteiger partial charge in [0.05, 0.1) is 8.48 Å². The smallest absolute Gasteiger partial charge is 0.320 e. The minimum absolute atomic E-state index is 0.987. The standard InChI is InChI=1S/C4H6Br2O2/c1-8-4(7)3(6)2-5/h3H,2H2,1H3/i2D2,3D. The molecule has 0 amide bonds. The fourth-order valence-electron chi connectivity index (χ4n) is 0.128. The zero-order valence-electron chi connectivity index (χ0n) is 7.07. The van der Waals surface area contributed by atoms with E-state index in [-0.39, 0.29) is 0 Å². The zero-order chi connectivity index (χ0) is 9.28. The predicted octanol–water partition coefficient (Wildman–Crippen LogP) is 1.32. The molecule has 0 aliphatic rings. The molecule has 0 fully saturated rings. The Morgan fingerprint density at radius 2 is 2.75 bits per heavy atom. The van der Waals surface area contributed by atoms with E-state index >= 15 is 0 Å². The molecule has 0 saturated heterocycles. The van der Waals surface area contributed by atoms with Crippen molar-refractivity contribution in [3.05, 3.63) is 0 Å². The van der Waals surface area contributed by atoms with E-state index in [1.807, 2.05) is 0 Å². The molecule has 0 aromatic carbocycles. The highest BCUT2D eigenvalue weighted by atomic mass is 79.9. The second kappa shape index (κ2) is 4.32. The minimum Gasteiger partial charge on any atom is -0.468 e. The molecule has 0 aromatic heterocycles. The highest BCUT2D eigenvalue weighted by molar-refractivity contribution is 9.12. The van der Waals surface area contributed by atoms with Crippen LogP contribution in [0.25, 0.3) is 0 Å². The summed E-state index contributed by atoms with van der Waals surface area (Å²) >= 11 is 5.14.